The summed E-state index contributed by atoms with van der Waals surface area (Å²) in [5, 5.41) is 1.35. The normalized spacial score (nSPS) is 15.4. The van der Waals surface area contributed by atoms with E-state index in [-0.39, 0.29) is 23.6 Å². The highest BCUT2D eigenvalue weighted by molar-refractivity contribution is 7.98. The molecule has 0 spiro atoms. The SMILES string of the molecule is CSc1ccc(C2c3c(oc4ccc(Cl)cc4c3=O)C(=O)N2Cc2ccccc2Cl)cc1. The Bertz CT molecular complexity index is 1420. The summed E-state index contributed by atoms with van der Waals surface area (Å²) in [5.41, 5.74) is 2.03. The van der Waals surface area contributed by atoms with Gasteiger partial charge < -0.3 is 9.32 Å². The van der Waals surface area contributed by atoms with Crippen LogP contribution in [0.15, 0.2) is 80.8 Å². The number of carbonyl (C=O) groups is 1. The molecule has 0 saturated heterocycles. The second kappa shape index (κ2) is 8.32. The Balaban J connectivity index is 1.73. The van der Waals surface area contributed by atoms with E-state index in [2.05, 4.69) is 0 Å². The van der Waals surface area contributed by atoms with Gasteiger partial charge in [0.15, 0.2) is 5.43 Å². The molecule has 0 bridgehead atoms. The summed E-state index contributed by atoms with van der Waals surface area (Å²) in [6, 6.07) is 19.5. The van der Waals surface area contributed by atoms with Gasteiger partial charge in [-0.05, 0) is 53.8 Å². The molecule has 0 N–H and O–H groups in total. The van der Waals surface area contributed by atoms with Gasteiger partial charge in [0.25, 0.3) is 5.91 Å². The molecule has 1 aromatic heterocycles. The van der Waals surface area contributed by atoms with Crippen LogP contribution in [0.2, 0.25) is 10.0 Å². The summed E-state index contributed by atoms with van der Waals surface area (Å²) in [4.78, 5) is 29.8. The minimum absolute atomic E-state index is 0.0656. The zero-order valence-electron chi connectivity index (χ0n) is 17.0. The zero-order chi connectivity index (χ0) is 22.4. The molecule has 0 saturated carbocycles. The number of benzene rings is 3. The van der Waals surface area contributed by atoms with Gasteiger partial charge in [0.1, 0.15) is 5.58 Å². The first-order chi connectivity index (χ1) is 15.5. The van der Waals surface area contributed by atoms with Gasteiger partial charge in [0.05, 0.1) is 17.0 Å². The van der Waals surface area contributed by atoms with Gasteiger partial charge in [-0.1, -0.05) is 53.5 Å². The Kier molecular flexibility index (Phi) is 5.49. The van der Waals surface area contributed by atoms with Crippen molar-refractivity contribution in [3.8, 4) is 0 Å². The molecule has 0 aliphatic carbocycles. The van der Waals surface area contributed by atoms with E-state index in [0.717, 1.165) is 16.0 Å². The van der Waals surface area contributed by atoms with Crippen molar-refractivity contribution in [3.05, 3.63) is 109 Å². The van der Waals surface area contributed by atoms with Crippen LogP contribution in [0.1, 0.15) is 33.3 Å². The largest absolute Gasteiger partial charge is 0.450 e. The van der Waals surface area contributed by atoms with Gasteiger partial charge in [-0.15, -0.1) is 11.8 Å². The summed E-state index contributed by atoms with van der Waals surface area (Å²) < 4.78 is 5.96. The molecule has 2 heterocycles. The molecule has 1 aliphatic heterocycles. The fourth-order valence-electron chi connectivity index (χ4n) is 4.10. The van der Waals surface area contributed by atoms with Crippen molar-refractivity contribution >= 4 is 51.8 Å². The van der Waals surface area contributed by atoms with Gasteiger partial charge in [-0.3, -0.25) is 9.59 Å². The van der Waals surface area contributed by atoms with Gasteiger partial charge in [0, 0.05) is 21.5 Å². The van der Waals surface area contributed by atoms with Crippen molar-refractivity contribution in [3.63, 3.8) is 0 Å². The first-order valence-electron chi connectivity index (χ1n) is 9.92. The molecule has 32 heavy (non-hydrogen) atoms. The van der Waals surface area contributed by atoms with Gasteiger partial charge in [-0.25, -0.2) is 0 Å². The van der Waals surface area contributed by atoms with E-state index in [0.29, 0.717) is 26.6 Å². The number of carbonyl (C=O) groups excluding carboxylic acids is 1. The predicted molar refractivity (Wildman–Crippen MR) is 129 cm³/mol. The highest BCUT2D eigenvalue weighted by Crippen LogP contribution is 2.40. The fourth-order valence-corrected chi connectivity index (χ4v) is 4.87. The lowest BCUT2D eigenvalue weighted by Crippen LogP contribution is -2.29. The Morgan fingerprint density at radius 2 is 1.75 bits per heavy atom. The lowest BCUT2D eigenvalue weighted by molar-refractivity contribution is 0.0714. The molecule has 1 atom stereocenters. The van der Waals surface area contributed by atoms with Crippen LogP contribution in [0.5, 0.6) is 0 Å². The van der Waals surface area contributed by atoms with Crippen LogP contribution in [0.3, 0.4) is 0 Å². The number of hydrogen-bond donors (Lipinski definition) is 0. The third kappa shape index (κ3) is 3.51. The van der Waals surface area contributed by atoms with Gasteiger partial charge >= 0.3 is 0 Å². The van der Waals surface area contributed by atoms with Crippen LogP contribution >= 0.6 is 35.0 Å². The maximum atomic E-state index is 13.6. The number of fused-ring (bicyclic) bond motifs is 2. The van der Waals surface area contributed by atoms with E-state index in [9.17, 15) is 9.59 Å². The van der Waals surface area contributed by atoms with Crippen LogP contribution in [0.25, 0.3) is 11.0 Å². The Hall–Kier alpha value is -2.73. The zero-order valence-corrected chi connectivity index (χ0v) is 19.3. The summed E-state index contributed by atoms with van der Waals surface area (Å²) >= 11 is 14.1. The number of nitrogens with zero attached hydrogens (tertiary/aromatic N) is 1. The number of amides is 1. The molecule has 1 amide bonds. The monoisotopic (exact) mass is 481 g/mol. The lowest BCUT2D eigenvalue weighted by Gasteiger charge is -2.25. The Morgan fingerprint density at radius 1 is 1.00 bits per heavy atom. The summed E-state index contributed by atoms with van der Waals surface area (Å²) in [5.74, 6) is -0.274. The highest BCUT2D eigenvalue weighted by atomic mass is 35.5. The van der Waals surface area contributed by atoms with Gasteiger partial charge in [-0.2, -0.15) is 0 Å². The van der Waals surface area contributed by atoms with E-state index in [1.165, 1.54) is 0 Å². The van der Waals surface area contributed by atoms with E-state index in [4.69, 9.17) is 27.6 Å². The molecule has 4 aromatic rings. The Labute approximate surface area is 198 Å². The third-order valence-electron chi connectivity index (χ3n) is 5.66. The number of rotatable bonds is 4. The summed E-state index contributed by atoms with van der Waals surface area (Å²) in [7, 11) is 0. The minimum Gasteiger partial charge on any atom is -0.450 e. The van der Waals surface area contributed by atoms with Crippen molar-refractivity contribution in [2.45, 2.75) is 17.5 Å². The third-order valence-corrected chi connectivity index (χ3v) is 7.01. The van der Waals surface area contributed by atoms with E-state index in [1.54, 1.807) is 40.9 Å². The van der Waals surface area contributed by atoms with Crippen molar-refractivity contribution in [1.82, 2.24) is 4.90 Å². The molecular formula is C25H17Cl2NO3S. The number of halogens is 2. The predicted octanol–water partition coefficient (Wildman–Crippen LogP) is 6.57. The van der Waals surface area contributed by atoms with Crippen LogP contribution in [-0.2, 0) is 6.54 Å². The maximum absolute atomic E-state index is 13.6. The van der Waals surface area contributed by atoms with Crippen LogP contribution < -0.4 is 5.43 Å². The number of hydrogen-bond acceptors (Lipinski definition) is 4. The van der Waals surface area contributed by atoms with Crippen molar-refractivity contribution in [1.29, 1.82) is 0 Å². The lowest BCUT2D eigenvalue weighted by atomic mass is 9.98. The van der Waals surface area contributed by atoms with Crippen molar-refractivity contribution in [2.75, 3.05) is 6.26 Å². The summed E-state index contributed by atoms with van der Waals surface area (Å²) in [6.07, 6.45) is 2.00. The molecule has 0 radical (unpaired) electrons. The molecule has 4 nitrogen and oxygen atoms in total. The molecule has 3 aromatic carbocycles. The molecule has 7 heteroatoms. The van der Waals surface area contributed by atoms with Crippen molar-refractivity contribution in [2.24, 2.45) is 0 Å². The average Bonchev–Trinajstić information content (AvgIpc) is 3.08. The number of thioether (sulfide) groups is 1. The molecule has 160 valence electrons. The van der Waals surface area contributed by atoms with E-state index >= 15 is 0 Å². The first kappa shape index (κ1) is 21.1. The van der Waals surface area contributed by atoms with Crippen molar-refractivity contribution < 1.29 is 9.21 Å². The maximum Gasteiger partial charge on any atom is 0.291 e. The standard InChI is InChI=1S/C25H17Cl2NO3S/c1-32-17-9-6-14(7-10-17)22-21-23(29)18-12-16(26)8-11-20(18)31-24(21)25(30)28(22)13-15-4-2-3-5-19(15)27/h2-12,22H,13H2,1H3. The fraction of sp³-hybridized carbons (Fsp3) is 0.120. The molecular weight excluding hydrogens is 465 g/mol. The molecule has 0 fully saturated rings. The van der Waals surface area contributed by atoms with E-state index in [1.807, 2.05) is 48.7 Å². The molecule has 5 rings (SSSR count). The van der Waals surface area contributed by atoms with Crippen LogP contribution in [-0.4, -0.2) is 17.1 Å². The summed E-state index contributed by atoms with van der Waals surface area (Å²) in [6.45, 7) is 0.244. The smallest absolute Gasteiger partial charge is 0.291 e. The topological polar surface area (TPSA) is 50.5 Å². The van der Waals surface area contributed by atoms with Gasteiger partial charge in [0.2, 0.25) is 5.76 Å². The minimum atomic E-state index is -0.593. The second-order valence-electron chi connectivity index (χ2n) is 7.51. The molecule has 1 unspecified atom stereocenters. The first-order valence-corrected chi connectivity index (χ1v) is 11.9. The van der Waals surface area contributed by atoms with Crippen LogP contribution in [0.4, 0.5) is 0 Å². The quantitative estimate of drug-likeness (QED) is 0.309. The van der Waals surface area contributed by atoms with E-state index < -0.39 is 6.04 Å². The Morgan fingerprint density at radius 3 is 2.47 bits per heavy atom. The van der Waals surface area contributed by atoms with Crippen LogP contribution in [0, 0.1) is 0 Å². The average molecular weight is 482 g/mol. The molecule has 1 aliphatic rings. The second-order valence-corrected chi connectivity index (χ2v) is 9.24. The highest BCUT2D eigenvalue weighted by Gasteiger charge is 2.42.